The van der Waals surface area contributed by atoms with Gasteiger partial charge in [-0.25, -0.2) is 0 Å². The van der Waals surface area contributed by atoms with Crippen molar-refractivity contribution in [3.63, 3.8) is 0 Å². The Morgan fingerprint density at radius 1 is 1.15 bits per heavy atom. The number of benzene rings is 2. The lowest BCUT2D eigenvalue weighted by Crippen LogP contribution is -2.28. The number of carbonyl (C=O) groups excluding carboxylic acids is 1. The lowest BCUT2D eigenvalue weighted by molar-refractivity contribution is -0.242. The molecule has 0 aliphatic carbocycles. The average Bonchev–Trinajstić information content (AvgIpc) is 2.42. The molecule has 0 atom stereocenters. The van der Waals surface area contributed by atoms with E-state index in [1.165, 1.54) is 13.2 Å². The number of halogens is 1. The van der Waals surface area contributed by atoms with Crippen molar-refractivity contribution in [2.24, 2.45) is 0 Å². The van der Waals surface area contributed by atoms with E-state index >= 15 is 0 Å². The fourth-order valence-corrected chi connectivity index (χ4v) is 1.70. The van der Waals surface area contributed by atoms with Crippen molar-refractivity contribution in [3.05, 3.63) is 47.5 Å². The molecule has 104 valence electrons. The second-order valence-corrected chi connectivity index (χ2v) is 4.27. The van der Waals surface area contributed by atoms with Crippen LogP contribution < -0.4 is 19.9 Å². The summed E-state index contributed by atoms with van der Waals surface area (Å²) in [4.78, 5) is 10.5. The zero-order valence-corrected chi connectivity index (χ0v) is 11.3. The van der Waals surface area contributed by atoms with Crippen molar-refractivity contribution >= 4 is 23.4 Å². The molecule has 5 nitrogen and oxygen atoms in total. The molecule has 2 rings (SSSR count). The number of hydrogen-bond acceptors (Lipinski definition) is 4. The molecule has 1 N–H and O–H groups in total. The second-order valence-electron chi connectivity index (χ2n) is 3.83. The van der Waals surface area contributed by atoms with Crippen LogP contribution in [-0.2, 0) is 0 Å². The Bertz CT molecular complexity index is 613. The third kappa shape index (κ3) is 3.55. The quantitative estimate of drug-likeness (QED) is 0.940. The van der Waals surface area contributed by atoms with Crippen LogP contribution in [0.4, 0.5) is 10.5 Å². The van der Waals surface area contributed by atoms with Gasteiger partial charge >= 0.3 is 0 Å². The number of nitrogens with one attached hydrogen (secondary N) is 1. The van der Waals surface area contributed by atoms with Gasteiger partial charge in [0.1, 0.15) is 11.8 Å². The minimum absolute atomic E-state index is 0.338. The molecule has 0 aliphatic rings. The molecule has 0 saturated heterocycles. The molecule has 0 spiro atoms. The van der Waals surface area contributed by atoms with E-state index in [2.05, 4.69) is 5.32 Å². The summed E-state index contributed by atoms with van der Waals surface area (Å²) in [5.74, 6) is 1.44. The number of rotatable bonds is 4. The highest BCUT2D eigenvalue weighted by atomic mass is 35.5. The largest absolute Gasteiger partial charge is 0.530 e. The molecular formula is C14H11ClNO4-. The van der Waals surface area contributed by atoms with E-state index in [0.717, 1.165) is 0 Å². The monoisotopic (exact) mass is 292 g/mol. The van der Waals surface area contributed by atoms with Gasteiger partial charge in [0.15, 0.2) is 11.5 Å². The van der Waals surface area contributed by atoms with Gasteiger partial charge in [-0.3, -0.25) is 0 Å². The fraction of sp³-hybridized carbons (Fsp3) is 0.0714. The maximum Gasteiger partial charge on any atom is 0.169 e. The average molecular weight is 293 g/mol. The summed E-state index contributed by atoms with van der Waals surface area (Å²) in [5, 5.41) is 13.2. The third-order valence-corrected chi connectivity index (χ3v) is 2.70. The number of amides is 1. The van der Waals surface area contributed by atoms with E-state index < -0.39 is 6.09 Å². The number of methoxy groups -OCH3 is 1. The fourth-order valence-electron chi connectivity index (χ4n) is 1.58. The summed E-state index contributed by atoms with van der Waals surface area (Å²) >= 11 is 5.79. The highest BCUT2D eigenvalue weighted by Crippen LogP contribution is 2.34. The van der Waals surface area contributed by atoms with Gasteiger partial charge in [-0.1, -0.05) is 11.6 Å². The van der Waals surface area contributed by atoms with E-state index in [1.54, 1.807) is 36.4 Å². The number of carbonyl (C=O) groups is 1. The summed E-state index contributed by atoms with van der Waals surface area (Å²) < 4.78 is 10.8. The Balaban J connectivity index is 2.23. The van der Waals surface area contributed by atoms with Crippen molar-refractivity contribution < 1.29 is 19.4 Å². The smallest absolute Gasteiger partial charge is 0.169 e. The SMILES string of the molecule is COc1cc(NC(=O)[O-])ccc1Oc1ccc(Cl)cc1. The van der Waals surface area contributed by atoms with Crippen LogP contribution in [0, 0.1) is 0 Å². The number of ether oxygens (including phenoxy) is 2. The molecule has 0 aromatic heterocycles. The first kappa shape index (κ1) is 14.0. The van der Waals surface area contributed by atoms with E-state index in [1.807, 2.05) is 0 Å². The molecule has 0 aliphatic heterocycles. The summed E-state index contributed by atoms with van der Waals surface area (Å²) in [7, 11) is 1.47. The van der Waals surface area contributed by atoms with Crippen molar-refractivity contribution in [1.82, 2.24) is 0 Å². The van der Waals surface area contributed by atoms with Crippen LogP contribution in [0.25, 0.3) is 0 Å². The predicted molar refractivity (Wildman–Crippen MR) is 73.5 cm³/mol. The topological polar surface area (TPSA) is 70.6 Å². The van der Waals surface area contributed by atoms with Gasteiger partial charge in [-0.15, -0.1) is 0 Å². The Morgan fingerprint density at radius 3 is 2.45 bits per heavy atom. The van der Waals surface area contributed by atoms with Crippen molar-refractivity contribution in [3.8, 4) is 17.2 Å². The summed E-state index contributed by atoms with van der Waals surface area (Å²) in [6.07, 6.45) is -1.39. The molecular weight excluding hydrogens is 282 g/mol. The van der Waals surface area contributed by atoms with E-state index in [-0.39, 0.29) is 0 Å². The van der Waals surface area contributed by atoms with Crippen molar-refractivity contribution in [2.75, 3.05) is 12.4 Å². The third-order valence-electron chi connectivity index (χ3n) is 2.45. The molecule has 0 saturated carbocycles. The van der Waals surface area contributed by atoms with Crippen LogP contribution in [0.1, 0.15) is 0 Å². The maximum atomic E-state index is 10.5. The highest BCUT2D eigenvalue weighted by molar-refractivity contribution is 6.30. The lowest BCUT2D eigenvalue weighted by Gasteiger charge is -2.13. The van der Waals surface area contributed by atoms with Crippen LogP contribution in [0.15, 0.2) is 42.5 Å². The molecule has 0 bridgehead atoms. The van der Waals surface area contributed by atoms with E-state index in [9.17, 15) is 9.90 Å². The Hall–Kier alpha value is -2.40. The molecule has 0 radical (unpaired) electrons. The second kappa shape index (κ2) is 6.16. The number of anilines is 1. The maximum absolute atomic E-state index is 10.5. The van der Waals surface area contributed by atoms with Gasteiger partial charge in [0.2, 0.25) is 0 Å². The minimum Gasteiger partial charge on any atom is -0.530 e. The van der Waals surface area contributed by atoms with Crippen LogP contribution in [0.2, 0.25) is 5.02 Å². The Kier molecular flexibility index (Phi) is 4.32. The summed E-state index contributed by atoms with van der Waals surface area (Å²) in [6.45, 7) is 0. The standard InChI is InChI=1S/C14H12ClNO4/c1-19-13-8-10(16-14(17)18)4-7-12(13)20-11-5-2-9(15)3-6-11/h2-8,16H,1H3,(H,17,18)/p-1. The molecule has 2 aromatic carbocycles. The predicted octanol–water partition coefficient (Wildman–Crippen LogP) is 2.90. The van der Waals surface area contributed by atoms with Gasteiger partial charge in [0, 0.05) is 16.8 Å². The Morgan fingerprint density at radius 2 is 1.85 bits per heavy atom. The van der Waals surface area contributed by atoms with Crippen LogP contribution in [0.3, 0.4) is 0 Å². The van der Waals surface area contributed by atoms with Gasteiger partial charge in [-0.05, 0) is 36.4 Å². The zero-order chi connectivity index (χ0) is 14.5. The van der Waals surface area contributed by atoms with Gasteiger partial charge in [0.25, 0.3) is 0 Å². The van der Waals surface area contributed by atoms with Gasteiger partial charge in [0.05, 0.1) is 7.11 Å². The van der Waals surface area contributed by atoms with Gasteiger partial charge < -0.3 is 24.7 Å². The number of hydrogen-bond donors (Lipinski definition) is 1. The number of carboxylic acid groups (broad SMARTS) is 1. The first-order valence-corrected chi connectivity index (χ1v) is 6.06. The lowest BCUT2D eigenvalue weighted by atomic mass is 10.2. The summed E-state index contributed by atoms with van der Waals surface area (Å²) in [6, 6.07) is 11.5. The molecule has 0 fully saturated rings. The van der Waals surface area contributed by atoms with Gasteiger partial charge in [-0.2, -0.15) is 0 Å². The highest BCUT2D eigenvalue weighted by Gasteiger charge is 2.07. The summed E-state index contributed by atoms with van der Waals surface area (Å²) in [5.41, 5.74) is 0.338. The molecule has 0 heterocycles. The zero-order valence-electron chi connectivity index (χ0n) is 10.6. The van der Waals surface area contributed by atoms with Crippen molar-refractivity contribution in [2.45, 2.75) is 0 Å². The molecule has 1 amide bonds. The van der Waals surface area contributed by atoms with E-state index in [0.29, 0.717) is 28.0 Å². The first-order valence-electron chi connectivity index (χ1n) is 5.68. The molecule has 0 unspecified atom stereocenters. The van der Waals surface area contributed by atoms with Crippen LogP contribution in [-0.4, -0.2) is 13.2 Å². The van der Waals surface area contributed by atoms with Crippen molar-refractivity contribution in [1.29, 1.82) is 0 Å². The first-order chi connectivity index (χ1) is 9.58. The van der Waals surface area contributed by atoms with E-state index in [4.69, 9.17) is 21.1 Å². The molecule has 6 heteroatoms. The minimum atomic E-state index is -1.39. The van der Waals surface area contributed by atoms with Crippen LogP contribution >= 0.6 is 11.6 Å². The van der Waals surface area contributed by atoms with Crippen LogP contribution in [0.5, 0.6) is 17.2 Å². The molecule has 20 heavy (non-hydrogen) atoms. The Labute approximate surface area is 120 Å². The normalized spacial score (nSPS) is 9.90. The molecule has 2 aromatic rings.